The van der Waals surface area contributed by atoms with Gasteiger partial charge in [-0.05, 0) is 30.3 Å². The molecule has 0 fully saturated rings. The van der Waals surface area contributed by atoms with E-state index in [1.165, 1.54) is 33.2 Å². The Morgan fingerprint density at radius 3 is 2.24 bits per heavy atom. The number of aromatic nitrogens is 1. The molecule has 0 unspecified atom stereocenters. The number of hydrogen-bond donors (Lipinski definition) is 0. The van der Waals surface area contributed by atoms with E-state index >= 15 is 0 Å². The lowest BCUT2D eigenvalue weighted by Gasteiger charge is -2.18. The monoisotopic (exact) mass is 325 g/mol. The van der Waals surface area contributed by atoms with Crippen LogP contribution in [0.2, 0.25) is 0 Å². The normalized spacial score (nSPS) is 14.1. The molecule has 0 aliphatic carbocycles. The van der Waals surface area contributed by atoms with Gasteiger partial charge in [0.1, 0.15) is 0 Å². The van der Waals surface area contributed by atoms with Gasteiger partial charge in [-0.25, -0.2) is 0 Å². The Hall–Kier alpha value is -3.20. The maximum absolute atomic E-state index is 2.36. The second-order valence-corrected chi connectivity index (χ2v) is 6.56. The van der Waals surface area contributed by atoms with Crippen molar-refractivity contribution in [3.8, 4) is 5.69 Å². The highest BCUT2D eigenvalue weighted by molar-refractivity contribution is 6.10. The quantitative estimate of drug-likeness (QED) is 0.516. The van der Waals surface area contributed by atoms with Crippen molar-refractivity contribution in [3.05, 3.63) is 85.2 Å². The van der Waals surface area contributed by atoms with Gasteiger partial charge in [0.15, 0.2) is 0 Å². The third-order valence-corrected chi connectivity index (χ3v) is 4.88. The molecule has 0 spiro atoms. The maximum atomic E-state index is 2.36. The van der Waals surface area contributed by atoms with E-state index in [0.29, 0.717) is 0 Å². The second-order valence-electron chi connectivity index (χ2n) is 6.56. The highest BCUT2D eigenvalue weighted by Gasteiger charge is 2.15. The number of fused-ring (bicyclic) bond motifs is 3. The molecule has 1 aliphatic rings. The van der Waals surface area contributed by atoms with E-state index in [9.17, 15) is 0 Å². The Balaban J connectivity index is 1.81. The molecule has 4 aromatic rings. The Morgan fingerprint density at radius 2 is 1.44 bits per heavy atom. The molecule has 0 saturated carbocycles. The minimum absolute atomic E-state index is 0.886. The summed E-state index contributed by atoms with van der Waals surface area (Å²) in [6, 6.07) is 26.0. The summed E-state index contributed by atoms with van der Waals surface area (Å²) in [5.41, 5.74) is 4.90. The van der Waals surface area contributed by atoms with E-state index in [1.807, 2.05) is 0 Å². The fourth-order valence-electron chi connectivity index (χ4n) is 3.69. The molecule has 25 heavy (non-hydrogen) atoms. The molecule has 0 radical (unpaired) electrons. The predicted molar refractivity (Wildman–Crippen MR) is 105 cm³/mol. The molecule has 0 amide bonds. The molecule has 3 nitrogen and oxygen atoms in total. The van der Waals surface area contributed by atoms with Crippen LogP contribution in [0.4, 0.5) is 5.69 Å². The fourth-order valence-corrected chi connectivity index (χ4v) is 3.69. The lowest BCUT2D eigenvalue weighted by Crippen LogP contribution is -2.21. The Labute approximate surface area is 147 Å². The zero-order valence-electron chi connectivity index (χ0n) is 14.1. The van der Waals surface area contributed by atoms with Crippen LogP contribution >= 0.6 is 0 Å². The lowest BCUT2D eigenvalue weighted by atomic mass is 10.1. The van der Waals surface area contributed by atoms with Crippen LogP contribution in [0.1, 0.15) is 0 Å². The van der Waals surface area contributed by atoms with E-state index < -0.39 is 0 Å². The molecule has 0 N–H and O–H groups in total. The first kappa shape index (κ1) is 14.2. The summed E-state index contributed by atoms with van der Waals surface area (Å²) >= 11 is 0. The molecule has 5 rings (SSSR count). The summed E-state index contributed by atoms with van der Waals surface area (Å²) < 4.78 is 2.36. The number of para-hydroxylation sites is 2. The minimum atomic E-state index is 0.886. The Morgan fingerprint density at radius 1 is 0.680 bits per heavy atom. The number of nitrogens with zero attached hydrogens (tertiary/aromatic N) is 3. The summed E-state index contributed by atoms with van der Waals surface area (Å²) in [6.07, 6.45) is 4.24. The molecule has 0 saturated heterocycles. The van der Waals surface area contributed by atoms with Gasteiger partial charge < -0.3 is 14.4 Å². The first-order valence-corrected chi connectivity index (χ1v) is 8.55. The molecule has 3 aromatic carbocycles. The lowest BCUT2D eigenvalue weighted by molar-refractivity contribution is 0.496. The third-order valence-electron chi connectivity index (χ3n) is 4.88. The molecular formula is C22H19N3. The van der Waals surface area contributed by atoms with Crippen molar-refractivity contribution < 1.29 is 0 Å². The highest BCUT2D eigenvalue weighted by atomic mass is 15.3. The zero-order valence-corrected chi connectivity index (χ0v) is 14.1. The standard InChI is InChI=1S/C22H19N3/c1-23-13-14-24(16-23)18-11-12-20-19-9-5-6-10-21(19)25(22(20)15-18)17-7-3-2-4-8-17/h2-15H,16H2,1H3. The summed E-state index contributed by atoms with van der Waals surface area (Å²) in [5, 5.41) is 2.58. The molecule has 2 heterocycles. The van der Waals surface area contributed by atoms with E-state index in [-0.39, 0.29) is 0 Å². The second kappa shape index (κ2) is 5.42. The number of hydrogen-bond acceptors (Lipinski definition) is 2. The van der Waals surface area contributed by atoms with E-state index in [0.717, 1.165) is 6.67 Å². The summed E-state index contributed by atoms with van der Waals surface area (Å²) in [4.78, 5) is 4.45. The smallest absolute Gasteiger partial charge is 0.0938 e. The van der Waals surface area contributed by atoms with Crippen LogP contribution in [0.5, 0.6) is 0 Å². The van der Waals surface area contributed by atoms with Crippen LogP contribution in [0.3, 0.4) is 0 Å². The molecule has 1 aromatic heterocycles. The van der Waals surface area contributed by atoms with Gasteiger partial charge in [0.2, 0.25) is 0 Å². The van der Waals surface area contributed by atoms with Crippen molar-refractivity contribution in [2.75, 3.05) is 18.6 Å². The van der Waals surface area contributed by atoms with Crippen LogP contribution < -0.4 is 4.90 Å². The molecule has 0 atom stereocenters. The average Bonchev–Trinajstić information content (AvgIpc) is 3.23. The van der Waals surface area contributed by atoms with Crippen molar-refractivity contribution >= 4 is 27.5 Å². The molecule has 1 aliphatic heterocycles. The van der Waals surface area contributed by atoms with Crippen molar-refractivity contribution in [1.29, 1.82) is 0 Å². The van der Waals surface area contributed by atoms with Gasteiger partial charge >= 0.3 is 0 Å². The van der Waals surface area contributed by atoms with Crippen LogP contribution in [0.15, 0.2) is 85.2 Å². The molecule has 3 heteroatoms. The van der Waals surface area contributed by atoms with Gasteiger partial charge in [0.05, 0.1) is 17.7 Å². The van der Waals surface area contributed by atoms with Crippen LogP contribution in [0, 0.1) is 0 Å². The van der Waals surface area contributed by atoms with Crippen LogP contribution in [0.25, 0.3) is 27.5 Å². The fraction of sp³-hybridized carbons (Fsp3) is 0.0909. The van der Waals surface area contributed by atoms with Crippen LogP contribution in [-0.4, -0.2) is 23.2 Å². The van der Waals surface area contributed by atoms with Crippen molar-refractivity contribution in [2.45, 2.75) is 0 Å². The van der Waals surface area contributed by atoms with Crippen LogP contribution in [-0.2, 0) is 0 Å². The van der Waals surface area contributed by atoms with E-state index in [1.54, 1.807) is 0 Å². The van der Waals surface area contributed by atoms with Crippen molar-refractivity contribution in [2.24, 2.45) is 0 Å². The van der Waals surface area contributed by atoms with Gasteiger partial charge in [0.25, 0.3) is 0 Å². The number of anilines is 1. The first-order valence-electron chi connectivity index (χ1n) is 8.55. The molecule has 122 valence electrons. The van der Waals surface area contributed by atoms with E-state index in [2.05, 4.69) is 107 Å². The summed E-state index contributed by atoms with van der Waals surface area (Å²) in [6.45, 7) is 0.886. The van der Waals surface area contributed by atoms with E-state index in [4.69, 9.17) is 0 Å². The van der Waals surface area contributed by atoms with Crippen molar-refractivity contribution in [3.63, 3.8) is 0 Å². The van der Waals surface area contributed by atoms with Gasteiger partial charge in [0, 0.05) is 41.6 Å². The molecular weight excluding hydrogens is 306 g/mol. The number of rotatable bonds is 2. The maximum Gasteiger partial charge on any atom is 0.0938 e. The van der Waals surface area contributed by atoms with Gasteiger partial charge in [-0.15, -0.1) is 0 Å². The third kappa shape index (κ3) is 2.20. The Kier molecular flexibility index (Phi) is 3.07. The average molecular weight is 325 g/mol. The molecule has 0 bridgehead atoms. The topological polar surface area (TPSA) is 11.4 Å². The summed E-state index contributed by atoms with van der Waals surface area (Å²) in [7, 11) is 2.09. The highest BCUT2D eigenvalue weighted by Crippen LogP contribution is 2.34. The summed E-state index contributed by atoms with van der Waals surface area (Å²) in [5.74, 6) is 0. The minimum Gasteiger partial charge on any atom is -0.361 e. The predicted octanol–water partition coefficient (Wildman–Crippen LogP) is 4.96. The van der Waals surface area contributed by atoms with Gasteiger partial charge in [-0.3, -0.25) is 0 Å². The number of benzene rings is 3. The van der Waals surface area contributed by atoms with Crippen molar-refractivity contribution in [1.82, 2.24) is 9.47 Å². The van der Waals surface area contributed by atoms with Gasteiger partial charge in [-0.1, -0.05) is 42.5 Å². The SMILES string of the molecule is CN1C=CN(c2ccc3c4ccccc4n(-c4ccccc4)c3c2)C1. The Bertz CT molecular complexity index is 1090. The zero-order chi connectivity index (χ0) is 16.8. The van der Waals surface area contributed by atoms with Gasteiger partial charge in [-0.2, -0.15) is 0 Å². The largest absolute Gasteiger partial charge is 0.361 e. The first-order chi connectivity index (χ1) is 12.3.